The summed E-state index contributed by atoms with van der Waals surface area (Å²) in [6.45, 7) is 10.5. The summed E-state index contributed by atoms with van der Waals surface area (Å²) in [5.41, 5.74) is 5.58. The van der Waals surface area contributed by atoms with Crippen LogP contribution in [0.5, 0.6) is 0 Å². The molecule has 0 unspecified atom stereocenters. The van der Waals surface area contributed by atoms with Gasteiger partial charge in [-0.05, 0) is 62.6 Å². The molecule has 1 fully saturated rings. The highest BCUT2D eigenvalue weighted by Gasteiger charge is 2.24. The number of carbonyl (C=O) groups is 2. The van der Waals surface area contributed by atoms with E-state index in [0.29, 0.717) is 38.5 Å². The van der Waals surface area contributed by atoms with E-state index in [1.165, 1.54) is 28.5 Å². The Morgan fingerprint density at radius 1 is 0.967 bits per heavy atom. The molecule has 0 aliphatic carbocycles. The summed E-state index contributed by atoms with van der Waals surface area (Å²) >= 11 is 1.38. The van der Waals surface area contributed by atoms with E-state index >= 15 is 0 Å². The van der Waals surface area contributed by atoms with Gasteiger partial charge in [-0.2, -0.15) is 0 Å². The third-order valence-corrected chi connectivity index (χ3v) is 6.16. The fourth-order valence-electron chi connectivity index (χ4n) is 3.36. The van der Waals surface area contributed by atoms with Crippen molar-refractivity contribution in [3.8, 4) is 11.3 Å². The van der Waals surface area contributed by atoms with Crippen LogP contribution in [-0.4, -0.2) is 70.5 Å². The summed E-state index contributed by atoms with van der Waals surface area (Å²) in [5.74, 6) is 0.343. The van der Waals surface area contributed by atoms with Crippen LogP contribution >= 0.6 is 11.8 Å². The summed E-state index contributed by atoms with van der Waals surface area (Å²) in [6, 6.07) is 8.17. The molecule has 7 nitrogen and oxygen atoms in total. The summed E-state index contributed by atoms with van der Waals surface area (Å²) < 4.78 is 5.01. The maximum atomic E-state index is 12.5. The van der Waals surface area contributed by atoms with Gasteiger partial charge < -0.3 is 14.5 Å². The van der Waals surface area contributed by atoms with Crippen LogP contribution in [0.25, 0.3) is 11.3 Å². The van der Waals surface area contributed by atoms with Crippen molar-refractivity contribution >= 4 is 23.8 Å². The highest BCUT2D eigenvalue weighted by molar-refractivity contribution is 7.99. The minimum atomic E-state index is -0.312. The molecule has 1 aromatic heterocycles. The minimum Gasteiger partial charge on any atom is -0.450 e. The first-order chi connectivity index (χ1) is 14.4. The number of nitrogens with zero attached hydrogens (tertiary/aromatic N) is 4. The van der Waals surface area contributed by atoms with Crippen molar-refractivity contribution in [1.29, 1.82) is 0 Å². The molecule has 0 bridgehead atoms. The van der Waals surface area contributed by atoms with Gasteiger partial charge >= 0.3 is 6.09 Å². The highest BCUT2D eigenvalue weighted by atomic mass is 32.2. The Balaban J connectivity index is 1.53. The Kier molecular flexibility index (Phi) is 7.31. The Morgan fingerprint density at radius 3 is 2.27 bits per heavy atom. The van der Waals surface area contributed by atoms with Gasteiger partial charge in [0.1, 0.15) is 5.03 Å². The lowest BCUT2D eigenvalue weighted by molar-refractivity contribution is -0.129. The maximum Gasteiger partial charge on any atom is 0.409 e. The van der Waals surface area contributed by atoms with Crippen LogP contribution in [-0.2, 0) is 9.53 Å². The lowest BCUT2D eigenvalue weighted by atomic mass is 9.99. The normalized spacial score (nSPS) is 14.0. The second-order valence-electron chi connectivity index (χ2n) is 7.36. The molecule has 2 heterocycles. The van der Waals surface area contributed by atoms with Crippen molar-refractivity contribution in [1.82, 2.24) is 20.0 Å². The van der Waals surface area contributed by atoms with Gasteiger partial charge in [0.2, 0.25) is 5.91 Å². The van der Waals surface area contributed by atoms with Gasteiger partial charge in [0.25, 0.3) is 0 Å². The van der Waals surface area contributed by atoms with Gasteiger partial charge in [-0.15, -0.1) is 10.2 Å². The highest BCUT2D eigenvalue weighted by Crippen LogP contribution is 2.26. The lowest BCUT2D eigenvalue weighted by Crippen LogP contribution is -2.51. The topological polar surface area (TPSA) is 75.6 Å². The van der Waals surface area contributed by atoms with Gasteiger partial charge in [-0.1, -0.05) is 17.8 Å². The molecule has 0 atom stereocenters. The number of rotatable bonds is 5. The Hall–Kier alpha value is -2.61. The van der Waals surface area contributed by atoms with E-state index in [-0.39, 0.29) is 12.0 Å². The van der Waals surface area contributed by atoms with Crippen molar-refractivity contribution in [2.45, 2.75) is 32.7 Å². The first-order valence-electron chi connectivity index (χ1n) is 10.1. The monoisotopic (exact) mass is 428 g/mol. The Labute approximate surface area is 181 Å². The first-order valence-corrected chi connectivity index (χ1v) is 11.1. The molecular formula is C22H28N4O3S. The van der Waals surface area contributed by atoms with Gasteiger partial charge in [0.05, 0.1) is 18.1 Å². The van der Waals surface area contributed by atoms with Crippen LogP contribution < -0.4 is 0 Å². The van der Waals surface area contributed by atoms with Gasteiger partial charge in [-0.25, -0.2) is 4.79 Å². The summed E-state index contributed by atoms with van der Waals surface area (Å²) in [6.07, 6.45) is -0.312. The van der Waals surface area contributed by atoms with Crippen LogP contribution in [0.2, 0.25) is 0 Å². The number of aromatic nitrogens is 2. The Morgan fingerprint density at radius 2 is 1.63 bits per heavy atom. The fourth-order valence-corrected chi connectivity index (χ4v) is 4.07. The zero-order valence-electron chi connectivity index (χ0n) is 18.0. The summed E-state index contributed by atoms with van der Waals surface area (Å²) in [7, 11) is 0. The SMILES string of the molecule is CCOC(=O)N1CCN(C(=O)CSc2ccc(-c3cc(C)c(C)cc3C)nn2)CC1. The molecule has 0 radical (unpaired) electrons. The van der Waals surface area contributed by atoms with E-state index < -0.39 is 0 Å². The molecule has 0 N–H and O–H groups in total. The molecule has 8 heteroatoms. The third kappa shape index (κ3) is 5.30. The summed E-state index contributed by atoms with van der Waals surface area (Å²) in [5, 5.41) is 9.38. The number of carbonyl (C=O) groups excluding carboxylic acids is 2. The fraction of sp³-hybridized carbons (Fsp3) is 0.455. The predicted octanol–water partition coefficient (Wildman–Crippen LogP) is 3.46. The largest absolute Gasteiger partial charge is 0.450 e. The first kappa shape index (κ1) is 22.1. The van der Waals surface area contributed by atoms with Crippen LogP contribution in [0.15, 0.2) is 29.3 Å². The molecule has 1 aliphatic heterocycles. The molecule has 1 aliphatic rings. The van der Waals surface area contributed by atoms with Crippen molar-refractivity contribution in [2.75, 3.05) is 38.5 Å². The zero-order valence-corrected chi connectivity index (χ0v) is 18.8. The van der Waals surface area contributed by atoms with Crippen molar-refractivity contribution in [3.05, 3.63) is 41.0 Å². The molecule has 3 rings (SSSR count). The van der Waals surface area contributed by atoms with Crippen LogP contribution in [0.4, 0.5) is 4.79 Å². The maximum absolute atomic E-state index is 12.5. The molecule has 160 valence electrons. The van der Waals surface area contributed by atoms with Crippen LogP contribution in [0.1, 0.15) is 23.6 Å². The van der Waals surface area contributed by atoms with Crippen molar-refractivity contribution < 1.29 is 14.3 Å². The molecule has 0 saturated carbocycles. The van der Waals surface area contributed by atoms with E-state index in [1.54, 1.807) is 16.7 Å². The van der Waals surface area contributed by atoms with E-state index in [0.717, 1.165) is 16.3 Å². The molecule has 30 heavy (non-hydrogen) atoms. The van der Waals surface area contributed by atoms with E-state index in [2.05, 4.69) is 43.1 Å². The number of benzene rings is 1. The number of hydrogen-bond acceptors (Lipinski definition) is 6. The second kappa shape index (κ2) is 9.93. The molecule has 0 spiro atoms. The number of thioether (sulfide) groups is 1. The number of amides is 2. The van der Waals surface area contributed by atoms with E-state index in [9.17, 15) is 9.59 Å². The third-order valence-electron chi connectivity index (χ3n) is 5.26. The number of piperazine rings is 1. The summed E-state index contributed by atoms with van der Waals surface area (Å²) in [4.78, 5) is 27.7. The molecule has 1 aromatic carbocycles. The second-order valence-corrected chi connectivity index (χ2v) is 8.36. The smallest absolute Gasteiger partial charge is 0.409 e. The molecule has 1 saturated heterocycles. The molecular weight excluding hydrogens is 400 g/mol. The minimum absolute atomic E-state index is 0.0411. The van der Waals surface area contributed by atoms with E-state index in [1.807, 2.05) is 12.1 Å². The van der Waals surface area contributed by atoms with Gasteiger partial charge in [0, 0.05) is 31.7 Å². The molecule has 2 amide bonds. The van der Waals surface area contributed by atoms with E-state index in [4.69, 9.17) is 4.74 Å². The average Bonchev–Trinajstić information content (AvgIpc) is 2.75. The Bertz CT molecular complexity index is 909. The van der Waals surface area contributed by atoms with Gasteiger partial charge in [-0.3, -0.25) is 4.79 Å². The number of aryl methyl sites for hydroxylation is 3. The van der Waals surface area contributed by atoms with Crippen LogP contribution in [0, 0.1) is 20.8 Å². The van der Waals surface area contributed by atoms with Gasteiger partial charge in [0.15, 0.2) is 0 Å². The number of hydrogen-bond donors (Lipinski definition) is 0. The van der Waals surface area contributed by atoms with Crippen molar-refractivity contribution in [2.24, 2.45) is 0 Å². The predicted molar refractivity (Wildman–Crippen MR) is 118 cm³/mol. The standard InChI is InChI=1S/C22H28N4O3S/c1-5-29-22(28)26-10-8-25(9-11-26)21(27)14-30-20-7-6-19(23-24-20)18-13-16(3)15(2)12-17(18)4/h6-7,12-13H,5,8-11,14H2,1-4H3. The molecule has 2 aromatic rings. The van der Waals surface area contributed by atoms with Crippen LogP contribution in [0.3, 0.4) is 0 Å². The number of ether oxygens (including phenoxy) is 1. The quantitative estimate of drug-likeness (QED) is 0.679. The average molecular weight is 429 g/mol. The van der Waals surface area contributed by atoms with Crippen molar-refractivity contribution in [3.63, 3.8) is 0 Å². The lowest BCUT2D eigenvalue weighted by Gasteiger charge is -2.34. The zero-order chi connectivity index (χ0) is 21.7.